The number of benzene rings is 1. The number of anilines is 1. The molecular weight excluding hydrogens is 374 g/mol. The van der Waals surface area contributed by atoms with Crippen molar-refractivity contribution in [3.05, 3.63) is 33.8 Å². The third kappa shape index (κ3) is 5.19. The van der Waals surface area contributed by atoms with Crippen LogP contribution >= 0.6 is 22.9 Å². The van der Waals surface area contributed by atoms with E-state index in [1.165, 1.54) is 24.5 Å². The highest BCUT2D eigenvalue weighted by atomic mass is 35.5. The van der Waals surface area contributed by atoms with Gasteiger partial charge in [-0.05, 0) is 30.7 Å². The van der Waals surface area contributed by atoms with Crippen molar-refractivity contribution in [2.45, 2.75) is 33.1 Å². The van der Waals surface area contributed by atoms with Crippen LogP contribution < -0.4 is 14.8 Å². The van der Waals surface area contributed by atoms with E-state index in [9.17, 15) is 4.79 Å². The zero-order valence-corrected chi connectivity index (χ0v) is 17.0. The van der Waals surface area contributed by atoms with Crippen molar-refractivity contribution in [1.82, 2.24) is 10.2 Å². The Labute approximate surface area is 162 Å². The molecule has 0 saturated heterocycles. The first-order chi connectivity index (χ1) is 12.2. The average molecular weight is 396 g/mol. The molecule has 6 nitrogen and oxygen atoms in total. The van der Waals surface area contributed by atoms with Gasteiger partial charge in [-0.1, -0.05) is 43.7 Å². The standard InChI is InChI=1S/C18H22ClN3O3S/c1-6-25-13-10-11(9-12(19)15(13)24-5)7-8-14(23)20-17-22-21-16(26-17)18(2,3)4/h7-10H,6H2,1-5H3,(H,20,22,23)/b8-7+. The minimum Gasteiger partial charge on any atom is -0.491 e. The third-order valence-corrected chi connectivity index (χ3v) is 4.80. The van der Waals surface area contributed by atoms with Gasteiger partial charge in [0.15, 0.2) is 11.5 Å². The Bertz CT molecular complexity index is 812. The SMILES string of the molecule is CCOc1cc(/C=C/C(=O)Nc2nnc(C(C)(C)C)s2)cc(Cl)c1OC. The van der Waals surface area contributed by atoms with Crippen LogP contribution in [-0.2, 0) is 10.2 Å². The molecule has 0 aliphatic carbocycles. The highest BCUT2D eigenvalue weighted by Gasteiger charge is 2.19. The van der Waals surface area contributed by atoms with E-state index in [0.29, 0.717) is 28.3 Å². The number of carbonyl (C=O) groups is 1. The van der Waals surface area contributed by atoms with E-state index in [-0.39, 0.29) is 11.3 Å². The molecule has 1 amide bonds. The van der Waals surface area contributed by atoms with Crippen molar-refractivity contribution >= 4 is 40.1 Å². The largest absolute Gasteiger partial charge is 0.491 e. The Kier molecular flexibility index (Phi) is 6.61. The van der Waals surface area contributed by atoms with Crippen LogP contribution in [-0.4, -0.2) is 29.8 Å². The first-order valence-corrected chi connectivity index (χ1v) is 9.27. The van der Waals surface area contributed by atoms with Crippen molar-refractivity contribution in [2.24, 2.45) is 0 Å². The molecule has 0 fully saturated rings. The van der Waals surface area contributed by atoms with Crippen LogP contribution in [0.4, 0.5) is 5.13 Å². The summed E-state index contributed by atoms with van der Waals surface area (Å²) >= 11 is 7.57. The van der Waals surface area contributed by atoms with E-state index in [1.807, 2.05) is 27.7 Å². The summed E-state index contributed by atoms with van der Waals surface area (Å²) in [6.45, 7) is 8.48. The summed E-state index contributed by atoms with van der Waals surface area (Å²) in [4.78, 5) is 12.1. The number of hydrogen-bond donors (Lipinski definition) is 1. The van der Waals surface area contributed by atoms with Crippen LogP contribution in [0.15, 0.2) is 18.2 Å². The fourth-order valence-corrected chi connectivity index (χ4v) is 3.14. The van der Waals surface area contributed by atoms with Crippen LogP contribution in [0.1, 0.15) is 38.3 Å². The number of amides is 1. The summed E-state index contributed by atoms with van der Waals surface area (Å²) in [6, 6.07) is 3.47. The predicted octanol–water partition coefficient (Wildman–Crippen LogP) is 4.55. The maximum atomic E-state index is 12.1. The van der Waals surface area contributed by atoms with Gasteiger partial charge < -0.3 is 9.47 Å². The smallest absolute Gasteiger partial charge is 0.250 e. The van der Waals surface area contributed by atoms with Gasteiger partial charge in [0.1, 0.15) is 5.01 Å². The summed E-state index contributed by atoms with van der Waals surface area (Å²) in [7, 11) is 1.53. The molecule has 0 saturated carbocycles. The highest BCUT2D eigenvalue weighted by molar-refractivity contribution is 7.15. The number of methoxy groups -OCH3 is 1. The van der Waals surface area contributed by atoms with E-state index in [2.05, 4.69) is 15.5 Å². The van der Waals surface area contributed by atoms with Crippen LogP contribution in [0.25, 0.3) is 6.08 Å². The van der Waals surface area contributed by atoms with Gasteiger partial charge in [0, 0.05) is 11.5 Å². The lowest BCUT2D eigenvalue weighted by molar-refractivity contribution is -0.111. The van der Waals surface area contributed by atoms with Crippen molar-refractivity contribution in [2.75, 3.05) is 19.0 Å². The maximum absolute atomic E-state index is 12.1. The van der Waals surface area contributed by atoms with Crippen LogP contribution in [0.3, 0.4) is 0 Å². The van der Waals surface area contributed by atoms with Gasteiger partial charge in [-0.25, -0.2) is 0 Å². The lowest BCUT2D eigenvalue weighted by Gasteiger charge is -2.12. The summed E-state index contributed by atoms with van der Waals surface area (Å²) in [5.74, 6) is 0.701. The molecule has 2 aromatic rings. The molecule has 1 heterocycles. The van der Waals surface area contributed by atoms with E-state index in [1.54, 1.807) is 18.2 Å². The Morgan fingerprint density at radius 2 is 2.08 bits per heavy atom. The molecular formula is C18H22ClN3O3S. The zero-order valence-electron chi connectivity index (χ0n) is 15.4. The van der Waals surface area contributed by atoms with E-state index < -0.39 is 0 Å². The fourth-order valence-electron chi connectivity index (χ4n) is 2.04. The number of carbonyl (C=O) groups excluding carboxylic acids is 1. The quantitative estimate of drug-likeness (QED) is 0.726. The van der Waals surface area contributed by atoms with Crippen molar-refractivity contribution in [3.63, 3.8) is 0 Å². The van der Waals surface area contributed by atoms with Gasteiger partial charge in [-0.3, -0.25) is 10.1 Å². The molecule has 0 bridgehead atoms. The number of hydrogen-bond acceptors (Lipinski definition) is 6. The Hall–Kier alpha value is -2.12. The molecule has 1 aromatic heterocycles. The Morgan fingerprint density at radius 1 is 1.35 bits per heavy atom. The van der Waals surface area contributed by atoms with Gasteiger partial charge in [0.2, 0.25) is 11.0 Å². The first-order valence-electron chi connectivity index (χ1n) is 8.08. The van der Waals surface area contributed by atoms with E-state index in [4.69, 9.17) is 21.1 Å². The number of nitrogens with zero attached hydrogens (tertiary/aromatic N) is 2. The van der Waals surface area contributed by atoms with Crippen LogP contribution in [0, 0.1) is 0 Å². The predicted molar refractivity (Wildman–Crippen MR) is 105 cm³/mol. The molecule has 1 aromatic carbocycles. The minimum atomic E-state index is -0.300. The van der Waals surface area contributed by atoms with Crippen LogP contribution in [0.5, 0.6) is 11.5 Å². The van der Waals surface area contributed by atoms with Gasteiger partial charge in [-0.2, -0.15) is 0 Å². The monoisotopic (exact) mass is 395 g/mol. The maximum Gasteiger partial charge on any atom is 0.250 e. The summed E-state index contributed by atoms with van der Waals surface area (Å²) in [5.41, 5.74) is 0.619. The molecule has 2 rings (SSSR count). The van der Waals surface area contributed by atoms with Gasteiger partial charge >= 0.3 is 0 Å². The van der Waals surface area contributed by atoms with Crippen molar-refractivity contribution < 1.29 is 14.3 Å². The second-order valence-corrected chi connectivity index (χ2v) is 7.84. The van der Waals surface area contributed by atoms with Crippen LogP contribution in [0.2, 0.25) is 5.02 Å². The third-order valence-electron chi connectivity index (χ3n) is 3.26. The second-order valence-electron chi connectivity index (χ2n) is 6.45. The number of rotatable bonds is 6. The number of aromatic nitrogens is 2. The topological polar surface area (TPSA) is 73.3 Å². The van der Waals surface area contributed by atoms with Crippen molar-refractivity contribution in [1.29, 1.82) is 0 Å². The van der Waals surface area contributed by atoms with Gasteiger partial charge in [0.05, 0.1) is 18.7 Å². The highest BCUT2D eigenvalue weighted by Crippen LogP contribution is 2.36. The van der Waals surface area contributed by atoms with Gasteiger partial charge in [0.25, 0.3) is 0 Å². The van der Waals surface area contributed by atoms with E-state index >= 15 is 0 Å². The molecule has 1 N–H and O–H groups in total. The normalized spacial score (nSPS) is 11.6. The molecule has 0 aliphatic heterocycles. The van der Waals surface area contributed by atoms with E-state index in [0.717, 1.165) is 10.6 Å². The Morgan fingerprint density at radius 3 is 2.65 bits per heavy atom. The van der Waals surface area contributed by atoms with Gasteiger partial charge in [-0.15, -0.1) is 10.2 Å². The Balaban J connectivity index is 2.11. The molecule has 0 radical (unpaired) electrons. The summed E-state index contributed by atoms with van der Waals surface area (Å²) < 4.78 is 10.8. The fraction of sp³-hybridized carbons (Fsp3) is 0.389. The first kappa shape index (κ1) is 20.2. The number of ether oxygens (including phenoxy) is 2. The number of halogens is 1. The molecule has 0 spiro atoms. The summed E-state index contributed by atoms with van der Waals surface area (Å²) in [6.07, 6.45) is 3.06. The molecule has 140 valence electrons. The molecule has 0 unspecified atom stereocenters. The molecule has 0 aliphatic rings. The lowest BCUT2D eigenvalue weighted by atomic mass is 9.98. The second kappa shape index (κ2) is 8.51. The minimum absolute atomic E-state index is 0.105. The average Bonchev–Trinajstić information content (AvgIpc) is 3.02. The summed E-state index contributed by atoms with van der Waals surface area (Å²) in [5, 5.41) is 12.6. The zero-order chi connectivity index (χ0) is 19.3. The number of nitrogens with one attached hydrogen (secondary N) is 1. The lowest BCUT2D eigenvalue weighted by Crippen LogP contribution is -2.10. The molecule has 26 heavy (non-hydrogen) atoms. The molecule has 8 heteroatoms. The molecule has 0 atom stereocenters. The van der Waals surface area contributed by atoms with Crippen molar-refractivity contribution in [3.8, 4) is 11.5 Å².